The fourth-order valence-corrected chi connectivity index (χ4v) is 2.19. The number of anilines is 1. The molecule has 0 saturated heterocycles. The zero-order valence-electron chi connectivity index (χ0n) is 12.6. The molecule has 0 heterocycles. The third kappa shape index (κ3) is 5.53. The predicted molar refractivity (Wildman–Crippen MR) is 85.2 cm³/mol. The van der Waals surface area contributed by atoms with E-state index >= 15 is 0 Å². The Labute approximate surface area is 125 Å². The zero-order chi connectivity index (χ0) is 15.1. The van der Waals surface area contributed by atoms with Crippen LogP contribution in [0.5, 0.6) is 0 Å². The minimum atomic E-state index is -0.342. The normalized spacial score (nSPS) is 14.1. The monoisotopic (exact) mass is 296 g/mol. The zero-order valence-corrected chi connectivity index (χ0v) is 13.4. The van der Waals surface area contributed by atoms with Crippen molar-refractivity contribution >= 4 is 23.4 Å². The van der Waals surface area contributed by atoms with Crippen LogP contribution in [0.1, 0.15) is 20.3 Å². The molecule has 4 nitrogen and oxygen atoms in total. The van der Waals surface area contributed by atoms with Crippen LogP contribution < -0.4 is 5.32 Å². The summed E-state index contributed by atoms with van der Waals surface area (Å²) < 4.78 is 0. The molecule has 0 bridgehead atoms. The summed E-state index contributed by atoms with van der Waals surface area (Å²) in [5, 5.41) is 12.2. The van der Waals surface area contributed by atoms with Crippen molar-refractivity contribution < 1.29 is 9.90 Å². The van der Waals surface area contributed by atoms with E-state index < -0.39 is 0 Å². The Morgan fingerprint density at radius 3 is 2.75 bits per heavy atom. The minimum absolute atomic E-state index is 0.0312. The van der Waals surface area contributed by atoms with Crippen LogP contribution in [0.25, 0.3) is 0 Å². The van der Waals surface area contributed by atoms with Gasteiger partial charge in [-0.3, -0.25) is 9.69 Å². The molecular formula is C15H24N2O2S. The van der Waals surface area contributed by atoms with Crippen molar-refractivity contribution in [1.82, 2.24) is 4.90 Å². The number of likely N-dealkylation sites (N-methyl/N-ethyl adjacent to an activating group) is 1. The molecule has 2 unspecified atom stereocenters. The largest absolute Gasteiger partial charge is 0.393 e. The van der Waals surface area contributed by atoms with E-state index in [1.54, 1.807) is 18.7 Å². The molecule has 5 heteroatoms. The highest BCUT2D eigenvalue weighted by Crippen LogP contribution is 2.19. The summed E-state index contributed by atoms with van der Waals surface area (Å²) in [7, 11) is 1.89. The number of carbonyl (C=O) groups excluding carboxylic acids is 1. The van der Waals surface area contributed by atoms with Gasteiger partial charge in [0.25, 0.3) is 0 Å². The van der Waals surface area contributed by atoms with Crippen LogP contribution in [0.15, 0.2) is 29.2 Å². The first-order valence-corrected chi connectivity index (χ1v) is 7.99. The molecule has 0 radical (unpaired) electrons. The lowest BCUT2D eigenvalue weighted by Crippen LogP contribution is -2.40. The summed E-state index contributed by atoms with van der Waals surface area (Å²) in [4.78, 5) is 15.2. The maximum Gasteiger partial charge on any atom is 0.241 e. The van der Waals surface area contributed by atoms with Crippen LogP contribution in [0.2, 0.25) is 0 Å². The van der Waals surface area contributed by atoms with Gasteiger partial charge in [-0.05, 0) is 51.8 Å². The molecule has 0 aliphatic heterocycles. The highest BCUT2D eigenvalue weighted by Gasteiger charge is 2.18. The predicted octanol–water partition coefficient (Wildman–Crippen LogP) is 2.44. The summed E-state index contributed by atoms with van der Waals surface area (Å²) >= 11 is 1.65. The third-order valence-electron chi connectivity index (χ3n) is 3.28. The average molecular weight is 296 g/mol. The van der Waals surface area contributed by atoms with E-state index in [0.717, 1.165) is 10.6 Å². The van der Waals surface area contributed by atoms with Crippen LogP contribution in [0.4, 0.5) is 5.69 Å². The van der Waals surface area contributed by atoms with Gasteiger partial charge in [-0.25, -0.2) is 0 Å². The standard InChI is InChI=1S/C15H24N2O2S/c1-11(18)8-9-17(3)12(2)15(19)16-13-6-5-7-14(10-13)20-4/h5-7,10-12,18H,8-9H2,1-4H3,(H,16,19). The van der Waals surface area contributed by atoms with Crippen LogP contribution in [-0.4, -0.2) is 47.9 Å². The second-order valence-electron chi connectivity index (χ2n) is 5.02. The Bertz CT molecular complexity index is 438. The van der Waals surface area contributed by atoms with Gasteiger partial charge in [0.2, 0.25) is 5.91 Å². The number of carbonyl (C=O) groups is 1. The smallest absolute Gasteiger partial charge is 0.241 e. The van der Waals surface area contributed by atoms with E-state index in [1.807, 2.05) is 49.4 Å². The summed E-state index contributed by atoms with van der Waals surface area (Å²) in [6.45, 7) is 4.32. The second kappa shape index (κ2) is 8.29. The van der Waals surface area contributed by atoms with Gasteiger partial charge in [-0.2, -0.15) is 0 Å². The summed E-state index contributed by atoms with van der Waals surface area (Å²) in [5.41, 5.74) is 0.817. The molecule has 2 atom stereocenters. The lowest BCUT2D eigenvalue weighted by molar-refractivity contribution is -0.120. The highest BCUT2D eigenvalue weighted by atomic mass is 32.2. The molecule has 1 amide bonds. The van der Waals surface area contributed by atoms with E-state index in [2.05, 4.69) is 5.32 Å². The van der Waals surface area contributed by atoms with Gasteiger partial charge in [-0.15, -0.1) is 11.8 Å². The number of amides is 1. The Hall–Kier alpha value is -1.04. The lowest BCUT2D eigenvalue weighted by atomic mass is 10.2. The third-order valence-corrected chi connectivity index (χ3v) is 4.00. The summed E-state index contributed by atoms with van der Waals surface area (Å²) in [6.07, 6.45) is 2.33. The van der Waals surface area contributed by atoms with E-state index in [0.29, 0.717) is 13.0 Å². The van der Waals surface area contributed by atoms with Crippen molar-refractivity contribution in [3.05, 3.63) is 24.3 Å². The molecule has 112 valence electrons. The molecule has 0 aliphatic carbocycles. The number of benzene rings is 1. The molecule has 0 spiro atoms. The summed E-state index contributed by atoms with van der Waals surface area (Å²) in [6, 6.07) is 7.57. The molecule has 0 aliphatic rings. The van der Waals surface area contributed by atoms with Crippen LogP contribution in [-0.2, 0) is 4.79 Å². The van der Waals surface area contributed by atoms with Crippen molar-refractivity contribution in [1.29, 1.82) is 0 Å². The molecule has 2 N–H and O–H groups in total. The number of hydrogen-bond acceptors (Lipinski definition) is 4. The van der Waals surface area contributed by atoms with Crippen LogP contribution in [0.3, 0.4) is 0 Å². The minimum Gasteiger partial charge on any atom is -0.393 e. The van der Waals surface area contributed by atoms with Crippen molar-refractivity contribution in [2.75, 3.05) is 25.2 Å². The lowest BCUT2D eigenvalue weighted by Gasteiger charge is -2.24. The number of aliphatic hydroxyl groups is 1. The SMILES string of the molecule is CSc1cccc(NC(=O)C(C)N(C)CCC(C)O)c1. The number of rotatable bonds is 7. The number of thioether (sulfide) groups is 1. The molecule has 0 aromatic heterocycles. The van der Waals surface area contributed by atoms with Crippen LogP contribution >= 0.6 is 11.8 Å². The molecular weight excluding hydrogens is 272 g/mol. The average Bonchev–Trinajstić information content (AvgIpc) is 2.43. The first kappa shape index (κ1) is 17.0. The van der Waals surface area contributed by atoms with E-state index in [9.17, 15) is 9.90 Å². The van der Waals surface area contributed by atoms with Crippen molar-refractivity contribution in [3.8, 4) is 0 Å². The Kier molecular flexibility index (Phi) is 7.05. The molecule has 1 aromatic carbocycles. The van der Waals surface area contributed by atoms with Crippen molar-refractivity contribution in [2.24, 2.45) is 0 Å². The number of nitrogens with one attached hydrogen (secondary N) is 1. The molecule has 0 saturated carbocycles. The first-order chi connectivity index (χ1) is 9.43. The molecule has 1 rings (SSSR count). The van der Waals surface area contributed by atoms with Gasteiger partial charge < -0.3 is 10.4 Å². The maximum atomic E-state index is 12.2. The fraction of sp³-hybridized carbons (Fsp3) is 0.533. The van der Waals surface area contributed by atoms with Gasteiger partial charge >= 0.3 is 0 Å². The van der Waals surface area contributed by atoms with Gasteiger partial charge in [0.1, 0.15) is 0 Å². The Balaban J connectivity index is 2.56. The van der Waals surface area contributed by atoms with Crippen LogP contribution in [0, 0.1) is 0 Å². The fourth-order valence-electron chi connectivity index (χ4n) is 1.73. The first-order valence-electron chi connectivity index (χ1n) is 6.77. The second-order valence-corrected chi connectivity index (χ2v) is 5.90. The van der Waals surface area contributed by atoms with Crippen molar-refractivity contribution in [3.63, 3.8) is 0 Å². The molecule has 20 heavy (non-hydrogen) atoms. The van der Waals surface area contributed by atoms with Crippen molar-refractivity contribution in [2.45, 2.75) is 37.3 Å². The van der Waals surface area contributed by atoms with E-state index in [4.69, 9.17) is 0 Å². The molecule has 0 fully saturated rings. The maximum absolute atomic E-state index is 12.2. The van der Waals surface area contributed by atoms with Gasteiger partial charge in [0.05, 0.1) is 12.1 Å². The molecule has 1 aromatic rings. The van der Waals surface area contributed by atoms with E-state index in [1.165, 1.54) is 0 Å². The summed E-state index contributed by atoms with van der Waals surface area (Å²) in [5.74, 6) is -0.0312. The highest BCUT2D eigenvalue weighted by molar-refractivity contribution is 7.98. The Morgan fingerprint density at radius 1 is 1.45 bits per heavy atom. The number of aliphatic hydroxyl groups excluding tert-OH is 1. The number of nitrogens with zero attached hydrogens (tertiary/aromatic N) is 1. The topological polar surface area (TPSA) is 52.6 Å². The van der Waals surface area contributed by atoms with Gasteiger partial charge in [0, 0.05) is 17.1 Å². The Morgan fingerprint density at radius 2 is 2.15 bits per heavy atom. The number of hydrogen-bond donors (Lipinski definition) is 2. The van der Waals surface area contributed by atoms with Gasteiger partial charge in [0.15, 0.2) is 0 Å². The quantitative estimate of drug-likeness (QED) is 0.759. The van der Waals surface area contributed by atoms with Gasteiger partial charge in [-0.1, -0.05) is 6.07 Å². The van der Waals surface area contributed by atoms with E-state index in [-0.39, 0.29) is 18.1 Å².